The number of anilines is 1. The van der Waals surface area contributed by atoms with Crippen LogP contribution in [0, 0.1) is 17.2 Å². The fourth-order valence-corrected chi connectivity index (χ4v) is 2.08. The molecule has 0 saturated heterocycles. The summed E-state index contributed by atoms with van der Waals surface area (Å²) in [6.07, 6.45) is 0.941. The van der Waals surface area contributed by atoms with Crippen molar-refractivity contribution >= 4 is 11.7 Å². The van der Waals surface area contributed by atoms with Gasteiger partial charge in [0, 0.05) is 18.8 Å². The van der Waals surface area contributed by atoms with E-state index in [0.717, 1.165) is 25.2 Å². The molecular weight excluding hydrogens is 266 g/mol. The third-order valence-electron chi connectivity index (χ3n) is 3.29. The Balaban J connectivity index is 2.83. The number of carboxylic acid groups (broad SMARTS) is 1. The number of aliphatic carboxylic acids is 1. The standard InChI is InChI=1S/C16H23N3O2/c1-13(16(20)21)12-19(9-5-8-18(2)3)15-7-4-6-14(10-15)11-17/h4,6-7,10,13H,5,8-9,12H2,1-3H3,(H,20,21). The third-order valence-corrected chi connectivity index (χ3v) is 3.29. The molecule has 1 atom stereocenters. The Hall–Kier alpha value is -2.06. The summed E-state index contributed by atoms with van der Waals surface area (Å²) in [5.74, 6) is -1.25. The molecule has 1 N–H and O–H groups in total. The number of nitriles is 1. The molecule has 0 heterocycles. The van der Waals surface area contributed by atoms with E-state index in [1.807, 2.05) is 37.2 Å². The average Bonchev–Trinajstić information content (AvgIpc) is 2.45. The lowest BCUT2D eigenvalue weighted by molar-refractivity contribution is -0.140. The van der Waals surface area contributed by atoms with Crippen LogP contribution >= 0.6 is 0 Å². The van der Waals surface area contributed by atoms with Gasteiger partial charge in [-0.3, -0.25) is 4.79 Å². The van der Waals surface area contributed by atoms with Crippen molar-refractivity contribution in [2.75, 3.05) is 38.6 Å². The number of carbonyl (C=O) groups is 1. The van der Waals surface area contributed by atoms with Crippen molar-refractivity contribution in [3.63, 3.8) is 0 Å². The number of benzene rings is 1. The van der Waals surface area contributed by atoms with Gasteiger partial charge in [0.05, 0.1) is 17.6 Å². The maximum Gasteiger partial charge on any atom is 0.308 e. The van der Waals surface area contributed by atoms with E-state index in [0.29, 0.717) is 12.1 Å². The summed E-state index contributed by atoms with van der Waals surface area (Å²) in [6.45, 7) is 3.85. The van der Waals surface area contributed by atoms with Gasteiger partial charge in [-0.25, -0.2) is 0 Å². The second kappa shape index (κ2) is 8.28. The Labute approximate surface area is 126 Å². The van der Waals surface area contributed by atoms with E-state index < -0.39 is 11.9 Å². The quantitative estimate of drug-likeness (QED) is 0.793. The average molecular weight is 289 g/mol. The van der Waals surface area contributed by atoms with Crippen molar-refractivity contribution in [2.45, 2.75) is 13.3 Å². The molecule has 114 valence electrons. The van der Waals surface area contributed by atoms with Crippen molar-refractivity contribution in [1.29, 1.82) is 5.26 Å². The van der Waals surface area contributed by atoms with E-state index >= 15 is 0 Å². The Kier molecular flexibility index (Phi) is 6.70. The van der Waals surface area contributed by atoms with Crippen LogP contribution in [-0.2, 0) is 4.79 Å². The molecule has 5 heteroatoms. The SMILES string of the molecule is CC(CN(CCCN(C)C)c1cccc(C#N)c1)C(=O)O. The highest BCUT2D eigenvalue weighted by atomic mass is 16.4. The van der Waals surface area contributed by atoms with Gasteiger partial charge < -0.3 is 14.9 Å². The zero-order valence-corrected chi connectivity index (χ0v) is 12.9. The molecule has 0 aromatic heterocycles. The van der Waals surface area contributed by atoms with Crippen molar-refractivity contribution in [1.82, 2.24) is 4.90 Å². The van der Waals surface area contributed by atoms with Crippen molar-refractivity contribution in [2.24, 2.45) is 5.92 Å². The zero-order chi connectivity index (χ0) is 15.8. The lowest BCUT2D eigenvalue weighted by Crippen LogP contribution is -2.34. The molecule has 1 aromatic carbocycles. The summed E-state index contributed by atoms with van der Waals surface area (Å²) in [4.78, 5) is 15.2. The Bertz CT molecular complexity index is 508. The fourth-order valence-electron chi connectivity index (χ4n) is 2.08. The molecule has 1 aromatic rings. The summed E-state index contributed by atoms with van der Waals surface area (Å²) in [7, 11) is 4.03. The van der Waals surface area contributed by atoms with Crippen LogP contribution < -0.4 is 4.90 Å². The molecule has 21 heavy (non-hydrogen) atoms. The zero-order valence-electron chi connectivity index (χ0n) is 12.9. The van der Waals surface area contributed by atoms with E-state index in [2.05, 4.69) is 11.0 Å². The number of rotatable bonds is 8. The van der Waals surface area contributed by atoms with Gasteiger partial charge in [0.25, 0.3) is 0 Å². The van der Waals surface area contributed by atoms with Crippen LogP contribution in [0.1, 0.15) is 18.9 Å². The van der Waals surface area contributed by atoms with E-state index in [1.54, 1.807) is 13.0 Å². The molecule has 0 radical (unpaired) electrons. The van der Waals surface area contributed by atoms with E-state index in [-0.39, 0.29) is 0 Å². The maximum atomic E-state index is 11.1. The van der Waals surface area contributed by atoms with Crippen LogP contribution in [0.5, 0.6) is 0 Å². The number of hydrogen-bond acceptors (Lipinski definition) is 4. The smallest absolute Gasteiger partial charge is 0.308 e. The predicted molar refractivity (Wildman–Crippen MR) is 83.3 cm³/mol. The molecule has 0 fully saturated rings. The first-order valence-corrected chi connectivity index (χ1v) is 7.06. The second-order valence-electron chi connectivity index (χ2n) is 5.50. The largest absolute Gasteiger partial charge is 0.481 e. The molecule has 0 amide bonds. The van der Waals surface area contributed by atoms with Gasteiger partial charge in [0.1, 0.15) is 0 Å². The van der Waals surface area contributed by atoms with Crippen molar-refractivity contribution in [3.05, 3.63) is 29.8 Å². The normalized spacial score (nSPS) is 12.0. The van der Waals surface area contributed by atoms with Crippen LogP contribution in [0.15, 0.2) is 24.3 Å². The first kappa shape index (κ1) is 17.0. The number of hydrogen-bond donors (Lipinski definition) is 1. The molecule has 0 bridgehead atoms. The van der Waals surface area contributed by atoms with E-state index in [4.69, 9.17) is 10.4 Å². The van der Waals surface area contributed by atoms with Crippen molar-refractivity contribution < 1.29 is 9.90 Å². The highest BCUT2D eigenvalue weighted by Gasteiger charge is 2.16. The molecule has 0 spiro atoms. The van der Waals surface area contributed by atoms with E-state index in [9.17, 15) is 4.79 Å². The highest BCUT2D eigenvalue weighted by molar-refractivity contribution is 5.70. The second-order valence-corrected chi connectivity index (χ2v) is 5.50. The summed E-state index contributed by atoms with van der Waals surface area (Å²) in [6, 6.07) is 9.44. The summed E-state index contributed by atoms with van der Waals surface area (Å²) in [5, 5.41) is 18.1. The molecule has 0 saturated carbocycles. The van der Waals surface area contributed by atoms with Gasteiger partial charge in [0.15, 0.2) is 0 Å². The van der Waals surface area contributed by atoms with Gasteiger partial charge in [-0.05, 0) is 45.3 Å². The van der Waals surface area contributed by atoms with E-state index in [1.165, 1.54) is 0 Å². The molecule has 1 unspecified atom stereocenters. The summed E-state index contributed by atoms with van der Waals surface area (Å²) in [5.41, 5.74) is 1.49. The predicted octanol–water partition coefficient (Wildman–Crippen LogP) is 2.04. The van der Waals surface area contributed by atoms with Gasteiger partial charge in [0.2, 0.25) is 0 Å². The van der Waals surface area contributed by atoms with Gasteiger partial charge >= 0.3 is 5.97 Å². The molecular formula is C16H23N3O2. The summed E-state index contributed by atoms with van der Waals surface area (Å²) >= 11 is 0. The fraction of sp³-hybridized carbons (Fsp3) is 0.500. The first-order chi connectivity index (χ1) is 9.93. The lowest BCUT2D eigenvalue weighted by Gasteiger charge is -2.27. The highest BCUT2D eigenvalue weighted by Crippen LogP contribution is 2.18. The van der Waals surface area contributed by atoms with Crippen molar-refractivity contribution in [3.8, 4) is 6.07 Å². The number of carboxylic acids is 1. The Morgan fingerprint density at radius 2 is 2.10 bits per heavy atom. The Morgan fingerprint density at radius 1 is 1.38 bits per heavy atom. The molecule has 0 aliphatic carbocycles. The van der Waals surface area contributed by atoms with Crippen LogP contribution in [0.25, 0.3) is 0 Å². The monoisotopic (exact) mass is 289 g/mol. The van der Waals surface area contributed by atoms with Gasteiger partial charge in [-0.15, -0.1) is 0 Å². The minimum atomic E-state index is -0.802. The van der Waals surface area contributed by atoms with Gasteiger partial charge in [-0.2, -0.15) is 5.26 Å². The first-order valence-electron chi connectivity index (χ1n) is 7.06. The number of nitrogens with zero attached hydrogens (tertiary/aromatic N) is 3. The molecule has 1 rings (SSSR count). The third kappa shape index (κ3) is 5.84. The minimum Gasteiger partial charge on any atom is -0.481 e. The van der Waals surface area contributed by atoms with Crippen LogP contribution in [-0.4, -0.2) is 49.7 Å². The van der Waals surface area contributed by atoms with Crippen LogP contribution in [0.2, 0.25) is 0 Å². The summed E-state index contributed by atoms with van der Waals surface area (Å²) < 4.78 is 0. The molecule has 0 aliphatic rings. The Morgan fingerprint density at radius 3 is 2.67 bits per heavy atom. The topological polar surface area (TPSA) is 67.6 Å². The maximum absolute atomic E-state index is 11.1. The van der Waals surface area contributed by atoms with Crippen LogP contribution in [0.4, 0.5) is 5.69 Å². The van der Waals surface area contributed by atoms with Crippen LogP contribution in [0.3, 0.4) is 0 Å². The van der Waals surface area contributed by atoms with Gasteiger partial charge in [-0.1, -0.05) is 13.0 Å². The lowest BCUT2D eigenvalue weighted by atomic mass is 10.1. The minimum absolute atomic E-state index is 0.442. The molecule has 5 nitrogen and oxygen atoms in total. The molecule has 0 aliphatic heterocycles.